The van der Waals surface area contributed by atoms with Gasteiger partial charge in [-0.1, -0.05) is 12.1 Å². The average Bonchev–Trinajstić information content (AvgIpc) is 2.86. The Morgan fingerprint density at radius 3 is 2.92 bits per heavy atom. The van der Waals surface area contributed by atoms with Gasteiger partial charge in [0.1, 0.15) is 11.1 Å². The molecule has 122 valence electrons. The Morgan fingerprint density at radius 2 is 2.12 bits per heavy atom. The van der Waals surface area contributed by atoms with Gasteiger partial charge in [-0.05, 0) is 44.0 Å². The minimum absolute atomic E-state index is 0.0801. The summed E-state index contributed by atoms with van der Waals surface area (Å²) in [5, 5.41) is 10.1. The first kappa shape index (κ1) is 16.3. The molecule has 0 bridgehead atoms. The summed E-state index contributed by atoms with van der Waals surface area (Å²) in [6.45, 7) is 4.51. The van der Waals surface area contributed by atoms with Gasteiger partial charge in [0.05, 0.1) is 16.6 Å². The van der Waals surface area contributed by atoms with E-state index in [0.717, 1.165) is 39.5 Å². The predicted octanol–water partition coefficient (Wildman–Crippen LogP) is 3.40. The highest BCUT2D eigenvalue weighted by Crippen LogP contribution is 2.24. The Morgan fingerprint density at radius 1 is 1.33 bits per heavy atom. The van der Waals surface area contributed by atoms with Gasteiger partial charge in [-0.3, -0.25) is 4.57 Å². The number of H-pyrrole nitrogens is 1. The van der Waals surface area contributed by atoms with E-state index in [1.807, 2.05) is 44.2 Å². The number of para-hydroxylation sites is 2. The number of benzene rings is 1. The summed E-state index contributed by atoms with van der Waals surface area (Å²) in [4.78, 5) is 19.4. The number of thioether (sulfide) groups is 1. The summed E-state index contributed by atoms with van der Waals surface area (Å²) in [5.41, 5.74) is 4.23. The third-order valence-electron chi connectivity index (χ3n) is 3.87. The quantitative estimate of drug-likeness (QED) is 0.571. The summed E-state index contributed by atoms with van der Waals surface area (Å²) in [6, 6.07) is 11.8. The van der Waals surface area contributed by atoms with E-state index in [2.05, 4.69) is 16.0 Å². The van der Waals surface area contributed by atoms with Gasteiger partial charge in [-0.2, -0.15) is 5.26 Å². The Kier molecular flexibility index (Phi) is 4.72. The zero-order chi connectivity index (χ0) is 17.1. The molecule has 0 saturated heterocycles. The lowest BCUT2D eigenvalue weighted by molar-refractivity contribution is 0.679. The van der Waals surface area contributed by atoms with Gasteiger partial charge >= 0.3 is 5.69 Å². The van der Waals surface area contributed by atoms with Crippen molar-refractivity contribution < 1.29 is 0 Å². The number of fused-ring (bicyclic) bond motifs is 1. The molecule has 0 aliphatic heterocycles. The largest absolute Gasteiger partial charge is 0.326 e. The Balaban J connectivity index is 1.69. The fourth-order valence-corrected chi connectivity index (χ4v) is 3.79. The highest BCUT2D eigenvalue weighted by Gasteiger charge is 2.10. The Hall–Kier alpha value is -2.52. The van der Waals surface area contributed by atoms with Crippen LogP contribution in [-0.2, 0) is 6.54 Å². The molecule has 6 heteroatoms. The number of nitriles is 1. The van der Waals surface area contributed by atoms with E-state index in [1.54, 1.807) is 16.3 Å². The molecule has 0 fully saturated rings. The van der Waals surface area contributed by atoms with Crippen molar-refractivity contribution in [2.45, 2.75) is 31.8 Å². The predicted molar refractivity (Wildman–Crippen MR) is 96.3 cm³/mol. The molecule has 0 atom stereocenters. The summed E-state index contributed by atoms with van der Waals surface area (Å²) >= 11 is 1.57. The minimum Gasteiger partial charge on any atom is -0.306 e. The monoisotopic (exact) mass is 338 g/mol. The molecule has 1 aromatic carbocycles. The van der Waals surface area contributed by atoms with Crippen LogP contribution in [0.4, 0.5) is 0 Å². The highest BCUT2D eigenvalue weighted by atomic mass is 32.2. The van der Waals surface area contributed by atoms with Gasteiger partial charge in [0.15, 0.2) is 0 Å². The van der Waals surface area contributed by atoms with Crippen LogP contribution in [0.1, 0.15) is 23.2 Å². The maximum atomic E-state index is 12.0. The topological polar surface area (TPSA) is 74.5 Å². The van der Waals surface area contributed by atoms with Gasteiger partial charge in [0, 0.05) is 18.0 Å². The SMILES string of the molecule is Cc1cc(C)c(C#N)c(SCCCn2c(=O)[nH]c3ccccc32)n1. The number of aromatic amines is 1. The number of pyridine rings is 1. The molecule has 0 aliphatic carbocycles. The number of hydrogen-bond donors (Lipinski definition) is 1. The van der Waals surface area contributed by atoms with Crippen molar-refractivity contribution in [1.82, 2.24) is 14.5 Å². The van der Waals surface area contributed by atoms with Crippen molar-refractivity contribution in [2.24, 2.45) is 0 Å². The Labute approximate surface area is 144 Å². The molecule has 5 nitrogen and oxygen atoms in total. The zero-order valence-electron chi connectivity index (χ0n) is 13.7. The molecule has 2 heterocycles. The number of nitrogens with one attached hydrogen (secondary N) is 1. The van der Waals surface area contributed by atoms with Crippen molar-refractivity contribution in [2.75, 3.05) is 5.75 Å². The summed E-state index contributed by atoms with van der Waals surface area (Å²) in [5.74, 6) is 0.802. The van der Waals surface area contributed by atoms with Crippen LogP contribution in [0, 0.1) is 25.2 Å². The number of nitrogens with zero attached hydrogens (tertiary/aromatic N) is 3. The molecule has 0 spiro atoms. The second kappa shape index (κ2) is 6.93. The van der Waals surface area contributed by atoms with Gasteiger partial charge < -0.3 is 4.98 Å². The molecule has 0 saturated carbocycles. The van der Waals surface area contributed by atoms with Crippen LogP contribution in [0.5, 0.6) is 0 Å². The smallest absolute Gasteiger partial charge is 0.306 e. The fraction of sp³-hybridized carbons (Fsp3) is 0.278. The van der Waals surface area contributed by atoms with Gasteiger partial charge in [-0.15, -0.1) is 11.8 Å². The second-order valence-electron chi connectivity index (χ2n) is 5.67. The van der Waals surface area contributed by atoms with Crippen LogP contribution in [0.25, 0.3) is 11.0 Å². The number of aryl methyl sites for hydroxylation is 3. The van der Waals surface area contributed by atoms with Crippen LogP contribution in [0.2, 0.25) is 0 Å². The number of rotatable bonds is 5. The van der Waals surface area contributed by atoms with E-state index < -0.39 is 0 Å². The molecule has 3 aromatic rings. The third kappa shape index (κ3) is 3.22. The third-order valence-corrected chi connectivity index (χ3v) is 4.93. The normalized spacial score (nSPS) is 10.9. The first-order valence-corrected chi connectivity index (χ1v) is 8.77. The maximum absolute atomic E-state index is 12.0. The van der Waals surface area contributed by atoms with Gasteiger partial charge in [0.25, 0.3) is 0 Å². The van der Waals surface area contributed by atoms with Crippen molar-refractivity contribution in [3.05, 3.63) is 57.6 Å². The lowest BCUT2D eigenvalue weighted by Gasteiger charge is -2.07. The molecular weight excluding hydrogens is 320 g/mol. The van der Waals surface area contributed by atoms with E-state index in [1.165, 1.54) is 0 Å². The number of imidazole rings is 1. The lowest BCUT2D eigenvalue weighted by Crippen LogP contribution is -2.17. The van der Waals surface area contributed by atoms with Crippen molar-refractivity contribution in [3.8, 4) is 6.07 Å². The van der Waals surface area contributed by atoms with Crippen LogP contribution < -0.4 is 5.69 Å². The zero-order valence-corrected chi connectivity index (χ0v) is 14.5. The van der Waals surface area contributed by atoms with E-state index in [4.69, 9.17) is 0 Å². The number of hydrogen-bond acceptors (Lipinski definition) is 4. The molecule has 2 aromatic heterocycles. The average molecular weight is 338 g/mol. The van der Waals surface area contributed by atoms with E-state index >= 15 is 0 Å². The fourth-order valence-electron chi connectivity index (χ4n) is 2.76. The van der Waals surface area contributed by atoms with Crippen molar-refractivity contribution in [1.29, 1.82) is 5.26 Å². The summed E-state index contributed by atoms with van der Waals surface area (Å²) in [6.07, 6.45) is 0.825. The van der Waals surface area contributed by atoms with Crippen molar-refractivity contribution >= 4 is 22.8 Å². The van der Waals surface area contributed by atoms with E-state index in [9.17, 15) is 10.1 Å². The molecule has 3 rings (SSSR count). The summed E-state index contributed by atoms with van der Waals surface area (Å²) < 4.78 is 1.76. The molecular formula is C18H18N4OS. The van der Waals surface area contributed by atoms with Crippen molar-refractivity contribution in [3.63, 3.8) is 0 Å². The standard InChI is InChI=1S/C18H18N4OS/c1-12-10-13(2)20-17(14(12)11-19)24-9-5-8-22-16-7-4-3-6-15(16)21-18(22)23/h3-4,6-7,10H,5,8-9H2,1-2H3,(H,21,23). The van der Waals surface area contributed by atoms with Gasteiger partial charge in [0.2, 0.25) is 0 Å². The molecule has 24 heavy (non-hydrogen) atoms. The van der Waals surface area contributed by atoms with Crippen LogP contribution in [-0.4, -0.2) is 20.3 Å². The van der Waals surface area contributed by atoms with Crippen LogP contribution in [0.15, 0.2) is 40.2 Å². The molecule has 0 aliphatic rings. The Bertz CT molecular complexity index is 981. The minimum atomic E-state index is -0.0801. The highest BCUT2D eigenvalue weighted by molar-refractivity contribution is 7.99. The molecule has 0 amide bonds. The lowest BCUT2D eigenvalue weighted by atomic mass is 10.1. The second-order valence-corrected chi connectivity index (χ2v) is 6.76. The molecule has 1 N–H and O–H groups in total. The maximum Gasteiger partial charge on any atom is 0.326 e. The molecule has 0 unspecified atom stereocenters. The van der Waals surface area contributed by atoms with Crippen LogP contribution >= 0.6 is 11.8 Å². The van der Waals surface area contributed by atoms with Crippen LogP contribution in [0.3, 0.4) is 0 Å². The first-order valence-electron chi connectivity index (χ1n) is 7.79. The first-order chi connectivity index (χ1) is 11.6. The molecule has 0 radical (unpaired) electrons. The number of aromatic nitrogens is 3. The van der Waals surface area contributed by atoms with Gasteiger partial charge in [-0.25, -0.2) is 9.78 Å². The summed E-state index contributed by atoms with van der Waals surface area (Å²) in [7, 11) is 0. The van der Waals surface area contributed by atoms with E-state index in [-0.39, 0.29) is 5.69 Å². The van der Waals surface area contributed by atoms with E-state index in [0.29, 0.717) is 12.1 Å².